The van der Waals surface area contributed by atoms with Gasteiger partial charge in [-0.15, -0.1) is 5.10 Å². The number of aromatic nitrogens is 4. The lowest BCUT2D eigenvalue weighted by Crippen LogP contribution is -2.08. The predicted octanol–water partition coefficient (Wildman–Crippen LogP) is -0.206. The largest absolute Gasteiger partial charge is 0.394 e. The van der Waals surface area contributed by atoms with E-state index in [4.69, 9.17) is 9.84 Å². The number of tetrazole rings is 1. The fourth-order valence-electron chi connectivity index (χ4n) is 1.44. The lowest BCUT2D eigenvalue weighted by Gasteiger charge is -2.05. The number of rotatable bonds is 5. The minimum atomic E-state index is 0.0607. The first-order valence-electron chi connectivity index (χ1n) is 4.97. The topological polar surface area (TPSA) is 73.1 Å². The summed E-state index contributed by atoms with van der Waals surface area (Å²) in [6.07, 6.45) is 1.12. The fraction of sp³-hybridized carbons (Fsp3) is 0.875. The Balaban J connectivity index is 1.83. The smallest absolute Gasteiger partial charge is 0.209 e. The molecule has 1 aliphatic rings. The van der Waals surface area contributed by atoms with Gasteiger partial charge in [0, 0.05) is 12.4 Å². The second-order valence-electron chi connectivity index (χ2n) is 3.45. The summed E-state index contributed by atoms with van der Waals surface area (Å²) in [5.74, 6) is 1.58. The van der Waals surface area contributed by atoms with Crippen LogP contribution in [0.4, 0.5) is 0 Å². The molecule has 6 nitrogen and oxygen atoms in total. The van der Waals surface area contributed by atoms with Crippen molar-refractivity contribution in [1.29, 1.82) is 0 Å². The van der Waals surface area contributed by atoms with Gasteiger partial charge < -0.3 is 9.84 Å². The van der Waals surface area contributed by atoms with E-state index in [0.717, 1.165) is 30.5 Å². The molecule has 1 saturated heterocycles. The molecule has 1 fully saturated rings. The molecule has 2 heterocycles. The van der Waals surface area contributed by atoms with Gasteiger partial charge in [-0.05, 0) is 22.8 Å². The summed E-state index contributed by atoms with van der Waals surface area (Å²) in [5.41, 5.74) is 0. The van der Waals surface area contributed by atoms with Gasteiger partial charge in [-0.2, -0.15) is 0 Å². The molecule has 1 N–H and O–H groups in total. The average molecular weight is 230 g/mol. The summed E-state index contributed by atoms with van der Waals surface area (Å²) in [6.45, 7) is 2.23. The summed E-state index contributed by atoms with van der Waals surface area (Å²) < 4.78 is 6.92. The molecule has 1 aromatic rings. The van der Waals surface area contributed by atoms with Crippen LogP contribution in [0.3, 0.4) is 0 Å². The van der Waals surface area contributed by atoms with Crippen molar-refractivity contribution in [3.8, 4) is 0 Å². The minimum Gasteiger partial charge on any atom is -0.394 e. The van der Waals surface area contributed by atoms with Gasteiger partial charge in [0.1, 0.15) is 0 Å². The monoisotopic (exact) mass is 230 g/mol. The Labute approximate surface area is 92.0 Å². The van der Waals surface area contributed by atoms with Crippen LogP contribution in [0.15, 0.2) is 5.16 Å². The van der Waals surface area contributed by atoms with E-state index in [1.54, 1.807) is 16.4 Å². The molecular weight excluding hydrogens is 216 g/mol. The molecule has 0 aromatic carbocycles. The van der Waals surface area contributed by atoms with Crippen molar-refractivity contribution in [2.75, 3.05) is 25.6 Å². The van der Waals surface area contributed by atoms with Gasteiger partial charge >= 0.3 is 0 Å². The Morgan fingerprint density at radius 1 is 1.60 bits per heavy atom. The van der Waals surface area contributed by atoms with E-state index in [9.17, 15) is 0 Å². The van der Waals surface area contributed by atoms with Crippen molar-refractivity contribution in [2.45, 2.75) is 18.1 Å². The van der Waals surface area contributed by atoms with Gasteiger partial charge in [0.05, 0.1) is 19.8 Å². The quantitative estimate of drug-likeness (QED) is 0.706. The standard InChI is InChI=1S/C8H14N4O2S/c13-3-2-12-8(9-10-11-12)15-6-7-1-4-14-5-7/h7,13H,1-6H2. The molecule has 1 unspecified atom stereocenters. The van der Waals surface area contributed by atoms with Crippen molar-refractivity contribution in [2.24, 2.45) is 5.92 Å². The van der Waals surface area contributed by atoms with Gasteiger partial charge in [0.15, 0.2) is 0 Å². The molecule has 0 saturated carbocycles. The van der Waals surface area contributed by atoms with Crippen LogP contribution >= 0.6 is 11.8 Å². The molecule has 1 aliphatic heterocycles. The first-order chi connectivity index (χ1) is 7.40. The molecule has 0 radical (unpaired) electrons. The van der Waals surface area contributed by atoms with E-state index in [0.29, 0.717) is 12.5 Å². The molecule has 0 amide bonds. The highest BCUT2D eigenvalue weighted by Crippen LogP contribution is 2.22. The summed E-state index contributed by atoms with van der Waals surface area (Å²) in [6, 6.07) is 0. The van der Waals surface area contributed by atoms with E-state index < -0.39 is 0 Å². The van der Waals surface area contributed by atoms with Gasteiger partial charge in [0.25, 0.3) is 0 Å². The molecule has 0 bridgehead atoms. The van der Waals surface area contributed by atoms with Gasteiger partial charge in [0.2, 0.25) is 5.16 Å². The number of aliphatic hydroxyl groups excluding tert-OH is 1. The number of aliphatic hydroxyl groups is 1. The lowest BCUT2D eigenvalue weighted by molar-refractivity contribution is 0.189. The van der Waals surface area contributed by atoms with Crippen molar-refractivity contribution in [1.82, 2.24) is 20.2 Å². The lowest BCUT2D eigenvalue weighted by atomic mass is 10.2. The maximum absolute atomic E-state index is 8.80. The van der Waals surface area contributed by atoms with Crippen LogP contribution in [0.25, 0.3) is 0 Å². The molecule has 15 heavy (non-hydrogen) atoms. The normalized spacial score (nSPS) is 21.0. The summed E-state index contributed by atoms with van der Waals surface area (Å²) >= 11 is 1.63. The van der Waals surface area contributed by atoms with Crippen molar-refractivity contribution in [3.63, 3.8) is 0 Å². The number of hydrogen-bond acceptors (Lipinski definition) is 6. The Hall–Kier alpha value is -0.660. The van der Waals surface area contributed by atoms with E-state index >= 15 is 0 Å². The maximum Gasteiger partial charge on any atom is 0.209 e. The Morgan fingerprint density at radius 3 is 3.27 bits per heavy atom. The third kappa shape index (κ3) is 2.90. The Morgan fingerprint density at radius 2 is 2.53 bits per heavy atom. The van der Waals surface area contributed by atoms with Crippen LogP contribution in [-0.4, -0.2) is 50.9 Å². The molecule has 2 rings (SSSR count). The number of thioether (sulfide) groups is 1. The van der Waals surface area contributed by atoms with Crippen molar-refractivity contribution in [3.05, 3.63) is 0 Å². The number of hydrogen-bond donors (Lipinski definition) is 1. The zero-order chi connectivity index (χ0) is 10.5. The number of ether oxygens (including phenoxy) is 1. The average Bonchev–Trinajstić information content (AvgIpc) is 2.85. The number of nitrogens with zero attached hydrogens (tertiary/aromatic N) is 4. The second kappa shape index (κ2) is 5.43. The molecule has 1 aromatic heterocycles. The molecule has 84 valence electrons. The molecule has 1 atom stereocenters. The van der Waals surface area contributed by atoms with Gasteiger partial charge in [-0.25, -0.2) is 4.68 Å². The van der Waals surface area contributed by atoms with E-state index in [-0.39, 0.29) is 6.61 Å². The Kier molecular flexibility index (Phi) is 3.93. The first kappa shape index (κ1) is 10.8. The molecule has 0 spiro atoms. The zero-order valence-corrected chi connectivity index (χ0v) is 9.19. The Bertz CT molecular complexity index is 301. The molecule has 7 heteroatoms. The first-order valence-corrected chi connectivity index (χ1v) is 5.96. The van der Waals surface area contributed by atoms with Crippen LogP contribution in [0.1, 0.15) is 6.42 Å². The summed E-state index contributed by atoms with van der Waals surface area (Å²) in [7, 11) is 0. The minimum absolute atomic E-state index is 0.0607. The fourth-order valence-corrected chi connectivity index (χ4v) is 2.46. The highest BCUT2D eigenvalue weighted by atomic mass is 32.2. The third-order valence-corrected chi connectivity index (χ3v) is 3.47. The highest BCUT2D eigenvalue weighted by molar-refractivity contribution is 7.99. The van der Waals surface area contributed by atoms with Crippen molar-refractivity contribution < 1.29 is 9.84 Å². The third-order valence-electron chi connectivity index (χ3n) is 2.28. The van der Waals surface area contributed by atoms with Crippen molar-refractivity contribution >= 4 is 11.8 Å². The maximum atomic E-state index is 8.80. The SMILES string of the molecule is OCCn1nnnc1SCC1CCOC1. The van der Waals surface area contributed by atoms with Crippen LogP contribution in [0.5, 0.6) is 0 Å². The summed E-state index contributed by atoms with van der Waals surface area (Å²) in [5, 5.41) is 20.9. The predicted molar refractivity (Wildman–Crippen MR) is 54.6 cm³/mol. The molecular formula is C8H14N4O2S. The molecule has 0 aliphatic carbocycles. The van der Waals surface area contributed by atoms with E-state index in [1.807, 2.05) is 0 Å². The second-order valence-corrected chi connectivity index (χ2v) is 4.44. The summed E-state index contributed by atoms with van der Waals surface area (Å²) in [4.78, 5) is 0. The van der Waals surface area contributed by atoms with Crippen LogP contribution in [0.2, 0.25) is 0 Å². The van der Waals surface area contributed by atoms with Crippen LogP contribution in [-0.2, 0) is 11.3 Å². The van der Waals surface area contributed by atoms with Gasteiger partial charge in [-0.1, -0.05) is 11.8 Å². The highest BCUT2D eigenvalue weighted by Gasteiger charge is 2.17. The van der Waals surface area contributed by atoms with E-state index in [1.165, 1.54) is 0 Å². The van der Waals surface area contributed by atoms with E-state index in [2.05, 4.69) is 15.5 Å². The zero-order valence-electron chi connectivity index (χ0n) is 8.37. The van der Waals surface area contributed by atoms with Crippen LogP contribution in [0, 0.1) is 5.92 Å². The van der Waals surface area contributed by atoms with Crippen LogP contribution < -0.4 is 0 Å². The van der Waals surface area contributed by atoms with Gasteiger partial charge in [-0.3, -0.25) is 0 Å².